The second-order valence-electron chi connectivity index (χ2n) is 6.41. The molecule has 0 bridgehead atoms. The van der Waals surface area contributed by atoms with Gasteiger partial charge in [0.25, 0.3) is 0 Å². The molecule has 156 valence electrons. The molecule has 8 heteroatoms. The van der Waals surface area contributed by atoms with Crippen molar-refractivity contribution in [3.8, 4) is 5.75 Å². The highest BCUT2D eigenvalue weighted by Gasteiger charge is 2.21. The number of aromatic nitrogens is 2. The fourth-order valence-corrected chi connectivity index (χ4v) is 5.09. The first-order valence-electron chi connectivity index (χ1n) is 9.13. The van der Waals surface area contributed by atoms with Crippen LogP contribution in [0.15, 0.2) is 63.7 Å². The van der Waals surface area contributed by atoms with Crippen molar-refractivity contribution >= 4 is 41.3 Å². The maximum Gasteiger partial charge on any atom is 0.341 e. The molecule has 0 spiro atoms. The molecule has 0 atom stereocenters. The third-order valence-corrected chi connectivity index (χ3v) is 6.89. The van der Waals surface area contributed by atoms with E-state index in [1.54, 1.807) is 7.11 Å². The van der Waals surface area contributed by atoms with Crippen molar-refractivity contribution < 1.29 is 14.6 Å². The van der Waals surface area contributed by atoms with Gasteiger partial charge in [0.05, 0.1) is 7.11 Å². The number of carboxylic acids is 1. The minimum atomic E-state index is -1.01. The number of ether oxygens (including phenoxy) is 1. The van der Waals surface area contributed by atoms with Crippen LogP contribution in [0, 0.1) is 6.92 Å². The lowest BCUT2D eigenvalue weighted by Crippen LogP contribution is -2.07. The number of carboxylic acid groups (broad SMARTS) is 1. The molecular weight excluding hydrogens is 436 g/mol. The highest BCUT2D eigenvalue weighted by atomic mass is 32.2. The van der Waals surface area contributed by atoms with E-state index in [0.29, 0.717) is 26.7 Å². The maximum absolute atomic E-state index is 12.1. The number of benzene rings is 2. The molecule has 0 aliphatic carbocycles. The fourth-order valence-electron chi connectivity index (χ4n) is 2.59. The Morgan fingerprint density at radius 3 is 1.87 bits per heavy atom. The lowest BCUT2D eigenvalue weighted by Gasteiger charge is -2.12. The van der Waals surface area contributed by atoms with Crippen LogP contribution in [0.1, 0.15) is 27.0 Å². The van der Waals surface area contributed by atoms with Crippen molar-refractivity contribution in [3.63, 3.8) is 0 Å². The Morgan fingerprint density at radius 2 is 1.43 bits per heavy atom. The summed E-state index contributed by atoms with van der Waals surface area (Å²) in [6.45, 7) is 2.04. The predicted octanol–water partition coefficient (Wildman–Crippen LogP) is 5.80. The normalized spacial score (nSPS) is 10.8. The van der Waals surface area contributed by atoms with E-state index < -0.39 is 5.97 Å². The summed E-state index contributed by atoms with van der Waals surface area (Å²) in [6.07, 6.45) is 1.89. The van der Waals surface area contributed by atoms with Gasteiger partial charge in [-0.2, -0.15) is 0 Å². The molecule has 1 N–H and O–H groups in total. The van der Waals surface area contributed by atoms with E-state index >= 15 is 0 Å². The molecular formula is C22H22N2O3S3. The molecule has 0 saturated carbocycles. The summed E-state index contributed by atoms with van der Waals surface area (Å²) in [6, 6.07) is 15.9. The van der Waals surface area contributed by atoms with Crippen molar-refractivity contribution in [1.29, 1.82) is 0 Å². The first-order valence-corrected chi connectivity index (χ1v) is 12.3. The fraction of sp³-hybridized carbons (Fsp3) is 0.227. The van der Waals surface area contributed by atoms with Crippen LogP contribution < -0.4 is 4.74 Å². The zero-order valence-corrected chi connectivity index (χ0v) is 19.4. The average molecular weight is 459 g/mol. The summed E-state index contributed by atoms with van der Waals surface area (Å²) in [5.74, 6) is 1.04. The second kappa shape index (κ2) is 10.7. The molecule has 30 heavy (non-hydrogen) atoms. The molecule has 0 aliphatic rings. The number of methoxy groups -OCH3 is 1. The third-order valence-electron chi connectivity index (χ3n) is 4.25. The van der Waals surface area contributed by atoms with Crippen molar-refractivity contribution in [3.05, 3.63) is 70.8 Å². The average Bonchev–Trinajstić information content (AvgIpc) is 2.77. The van der Waals surface area contributed by atoms with Crippen LogP contribution in [0.25, 0.3) is 0 Å². The highest BCUT2D eigenvalue weighted by molar-refractivity contribution is 7.99. The minimum Gasteiger partial charge on any atom is -0.497 e. The molecule has 0 unspecified atom stereocenters. The van der Waals surface area contributed by atoms with E-state index in [1.165, 1.54) is 40.8 Å². The monoisotopic (exact) mass is 458 g/mol. The summed E-state index contributed by atoms with van der Waals surface area (Å²) in [4.78, 5) is 21.0. The van der Waals surface area contributed by atoms with Crippen molar-refractivity contribution in [2.45, 2.75) is 33.6 Å². The van der Waals surface area contributed by atoms with E-state index in [-0.39, 0.29) is 5.56 Å². The summed E-state index contributed by atoms with van der Waals surface area (Å²) in [5.41, 5.74) is 3.55. The van der Waals surface area contributed by atoms with Crippen molar-refractivity contribution in [1.82, 2.24) is 9.97 Å². The van der Waals surface area contributed by atoms with E-state index in [0.717, 1.165) is 16.9 Å². The Hall–Kier alpha value is -2.16. The van der Waals surface area contributed by atoms with Gasteiger partial charge >= 0.3 is 5.97 Å². The topological polar surface area (TPSA) is 72.3 Å². The van der Waals surface area contributed by atoms with Crippen LogP contribution in [0.2, 0.25) is 0 Å². The minimum absolute atomic E-state index is 0.170. The van der Waals surface area contributed by atoms with Gasteiger partial charge in [0, 0.05) is 11.5 Å². The Bertz CT molecular complexity index is 1010. The van der Waals surface area contributed by atoms with E-state index in [2.05, 4.69) is 34.2 Å². The summed E-state index contributed by atoms with van der Waals surface area (Å²) < 4.78 is 5.19. The third kappa shape index (κ3) is 5.93. The van der Waals surface area contributed by atoms with Crippen molar-refractivity contribution in [2.24, 2.45) is 0 Å². The van der Waals surface area contributed by atoms with E-state index in [4.69, 9.17) is 4.74 Å². The van der Waals surface area contributed by atoms with E-state index in [1.807, 2.05) is 37.4 Å². The first kappa shape index (κ1) is 22.5. The SMILES string of the molecule is COc1ccc(CSc2nc(SC)nc(SCc3ccc(C)cc3)c2C(=O)O)cc1. The zero-order valence-electron chi connectivity index (χ0n) is 16.9. The summed E-state index contributed by atoms with van der Waals surface area (Å²) in [5, 5.41) is 11.4. The Balaban J connectivity index is 1.84. The van der Waals surface area contributed by atoms with Crippen molar-refractivity contribution in [2.75, 3.05) is 13.4 Å². The molecule has 3 rings (SSSR count). The number of rotatable bonds is 9. The smallest absolute Gasteiger partial charge is 0.341 e. The Labute approximate surface area is 189 Å². The van der Waals surface area contributed by atoms with Gasteiger partial charge in [-0.15, -0.1) is 23.5 Å². The zero-order chi connectivity index (χ0) is 21.5. The van der Waals surface area contributed by atoms with Crippen LogP contribution >= 0.6 is 35.3 Å². The maximum atomic E-state index is 12.1. The second-order valence-corrected chi connectivity index (χ2v) is 9.11. The largest absolute Gasteiger partial charge is 0.497 e. The van der Waals surface area contributed by atoms with Crippen LogP contribution in [0.3, 0.4) is 0 Å². The van der Waals surface area contributed by atoms with Gasteiger partial charge in [-0.25, -0.2) is 14.8 Å². The number of aryl methyl sites for hydroxylation is 1. The molecule has 0 amide bonds. The van der Waals surface area contributed by atoms with E-state index in [9.17, 15) is 9.90 Å². The molecule has 5 nitrogen and oxygen atoms in total. The number of aromatic carboxylic acids is 1. The van der Waals surface area contributed by atoms with Gasteiger partial charge in [0.2, 0.25) is 0 Å². The number of carbonyl (C=O) groups is 1. The molecule has 0 radical (unpaired) electrons. The molecule has 2 aromatic carbocycles. The summed E-state index contributed by atoms with van der Waals surface area (Å²) >= 11 is 4.25. The van der Waals surface area contributed by atoms with Gasteiger partial charge in [-0.3, -0.25) is 0 Å². The highest BCUT2D eigenvalue weighted by Crippen LogP contribution is 2.34. The van der Waals surface area contributed by atoms with Crippen LogP contribution in [-0.4, -0.2) is 34.4 Å². The van der Waals surface area contributed by atoms with Crippen LogP contribution in [-0.2, 0) is 11.5 Å². The number of hydrogen-bond donors (Lipinski definition) is 1. The molecule has 1 aromatic heterocycles. The van der Waals surface area contributed by atoms with Gasteiger partial charge < -0.3 is 9.84 Å². The first-order chi connectivity index (χ1) is 14.5. The lowest BCUT2D eigenvalue weighted by molar-refractivity contribution is 0.0686. The van der Waals surface area contributed by atoms with Crippen LogP contribution in [0.5, 0.6) is 5.75 Å². The van der Waals surface area contributed by atoms with Gasteiger partial charge in [-0.1, -0.05) is 53.7 Å². The molecule has 0 saturated heterocycles. The lowest BCUT2D eigenvalue weighted by atomic mass is 10.2. The predicted molar refractivity (Wildman–Crippen MR) is 124 cm³/mol. The quantitative estimate of drug-likeness (QED) is 0.245. The molecule has 1 heterocycles. The van der Waals surface area contributed by atoms with Gasteiger partial charge in [0.1, 0.15) is 21.4 Å². The number of hydrogen-bond acceptors (Lipinski definition) is 7. The molecule has 3 aromatic rings. The van der Waals surface area contributed by atoms with Crippen LogP contribution in [0.4, 0.5) is 0 Å². The number of thioether (sulfide) groups is 3. The summed E-state index contributed by atoms with van der Waals surface area (Å²) in [7, 11) is 1.63. The molecule has 0 fully saturated rings. The van der Waals surface area contributed by atoms with Gasteiger partial charge in [0.15, 0.2) is 5.16 Å². The standard InChI is InChI=1S/C22H22N2O3S3/c1-14-4-6-15(7-5-14)12-29-19-18(21(25)26)20(24-22(23-19)28-3)30-13-16-8-10-17(27-2)11-9-16/h4-11H,12-13H2,1-3H3,(H,25,26). The Kier molecular flexibility index (Phi) is 8.07. The number of nitrogens with zero attached hydrogens (tertiary/aromatic N) is 2. The molecule has 0 aliphatic heterocycles. The Morgan fingerprint density at radius 1 is 0.933 bits per heavy atom. The van der Waals surface area contributed by atoms with Gasteiger partial charge in [-0.05, 0) is 36.4 Å².